The summed E-state index contributed by atoms with van der Waals surface area (Å²) in [4.78, 5) is 15.4. The Labute approximate surface area is 82.9 Å². The van der Waals surface area contributed by atoms with Crippen LogP contribution in [0.1, 0.15) is 31.3 Å². The third-order valence-electron chi connectivity index (χ3n) is 1.57. The van der Waals surface area contributed by atoms with E-state index >= 15 is 0 Å². The number of aryl methyl sites for hydroxylation is 1. The molecule has 0 aliphatic carbocycles. The second-order valence-corrected chi connectivity index (χ2v) is 4.09. The highest BCUT2D eigenvalue weighted by Gasteiger charge is 2.22. The first-order chi connectivity index (χ1) is 6.31. The Balaban J connectivity index is 2.86. The predicted molar refractivity (Wildman–Crippen MR) is 52.8 cm³/mol. The average molecular weight is 197 g/mol. The molecule has 0 fully saturated rings. The summed E-state index contributed by atoms with van der Waals surface area (Å²) >= 11 is 0. The lowest BCUT2D eigenvalue weighted by atomic mass is 10.2. The van der Waals surface area contributed by atoms with E-state index in [1.807, 2.05) is 0 Å². The molecule has 0 amide bonds. The molecule has 0 saturated heterocycles. The van der Waals surface area contributed by atoms with Gasteiger partial charge < -0.3 is 15.0 Å². The standard InChI is InChI=1S/C9H15N3O2/c1-9(2,3)14-8(13)6-7(10)12(4)5-11-6/h5H,10H2,1-4H3. The maximum atomic E-state index is 11.5. The molecule has 0 bridgehead atoms. The monoisotopic (exact) mass is 197 g/mol. The number of hydrogen-bond acceptors (Lipinski definition) is 4. The molecule has 5 nitrogen and oxygen atoms in total. The van der Waals surface area contributed by atoms with Crippen LogP contribution in [0, 0.1) is 0 Å². The first-order valence-electron chi connectivity index (χ1n) is 4.31. The minimum atomic E-state index is -0.527. The summed E-state index contributed by atoms with van der Waals surface area (Å²) in [6.07, 6.45) is 1.48. The van der Waals surface area contributed by atoms with Crippen molar-refractivity contribution in [2.75, 3.05) is 5.73 Å². The van der Waals surface area contributed by atoms with Gasteiger partial charge in [0.25, 0.3) is 0 Å². The molecule has 1 rings (SSSR count). The number of ether oxygens (including phenoxy) is 1. The Hall–Kier alpha value is -1.52. The Morgan fingerprint density at radius 3 is 2.50 bits per heavy atom. The fourth-order valence-electron chi connectivity index (χ4n) is 0.923. The van der Waals surface area contributed by atoms with E-state index in [-0.39, 0.29) is 5.69 Å². The molecular weight excluding hydrogens is 182 g/mol. The van der Waals surface area contributed by atoms with Gasteiger partial charge in [-0.1, -0.05) is 0 Å². The van der Waals surface area contributed by atoms with Crippen molar-refractivity contribution < 1.29 is 9.53 Å². The number of carbonyl (C=O) groups is 1. The zero-order valence-electron chi connectivity index (χ0n) is 8.87. The average Bonchev–Trinajstić information content (AvgIpc) is 2.29. The second-order valence-electron chi connectivity index (χ2n) is 4.09. The molecule has 1 aromatic heterocycles. The van der Waals surface area contributed by atoms with Crippen LogP contribution < -0.4 is 5.73 Å². The van der Waals surface area contributed by atoms with Crippen molar-refractivity contribution in [3.05, 3.63) is 12.0 Å². The Morgan fingerprint density at radius 2 is 2.14 bits per heavy atom. The number of imidazole rings is 1. The molecule has 1 heterocycles. The van der Waals surface area contributed by atoms with Gasteiger partial charge in [-0.15, -0.1) is 0 Å². The third-order valence-corrected chi connectivity index (χ3v) is 1.57. The van der Waals surface area contributed by atoms with Crippen LogP contribution in [-0.4, -0.2) is 21.1 Å². The van der Waals surface area contributed by atoms with Crippen LogP contribution in [0.4, 0.5) is 5.82 Å². The molecule has 14 heavy (non-hydrogen) atoms. The topological polar surface area (TPSA) is 70.1 Å². The van der Waals surface area contributed by atoms with E-state index in [9.17, 15) is 4.79 Å². The second kappa shape index (κ2) is 3.32. The number of nitrogens with two attached hydrogens (primary N) is 1. The largest absolute Gasteiger partial charge is 0.455 e. The van der Waals surface area contributed by atoms with Crippen molar-refractivity contribution in [3.8, 4) is 0 Å². The number of anilines is 1. The van der Waals surface area contributed by atoms with Crippen molar-refractivity contribution >= 4 is 11.8 Å². The van der Waals surface area contributed by atoms with Crippen LogP contribution in [0.5, 0.6) is 0 Å². The molecule has 5 heteroatoms. The van der Waals surface area contributed by atoms with Gasteiger partial charge in [-0.2, -0.15) is 0 Å². The Bertz CT molecular complexity index is 349. The van der Waals surface area contributed by atoms with E-state index in [0.717, 1.165) is 0 Å². The summed E-state index contributed by atoms with van der Waals surface area (Å²) in [5.41, 5.74) is 5.26. The first-order valence-corrected chi connectivity index (χ1v) is 4.31. The highest BCUT2D eigenvalue weighted by atomic mass is 16.6. The van der Waals surface area contributed by atoms with Gasteiger partial charge in [-0.25, -0.2) is 9.78 Å². The van der Waals surface area contributed by atoms with Gasteiger partial charge >= 0.3 is 5.97 Å². The van der Waals surface area contributed by atoms with Gasteiger partial charge in [0.1, 0.15) is 11.4 Å². The summed E-state index contributed by atoms with van der Waals surface area (Å²) in [5.74, 6) is -0.171. The maximum Gasteiger partial charge on any atom is 0.361 e. The summed E-state index contributed by atoms with van der Waals surface area (Å²) in [5, 5.41) is 0. The fraction of sp³-hybridized carbons (Fsp3) is 0.556. The molecular formula is C9H15N3O2. The van der Waals surface area contributed by atoms with Gasteiger partial charge in [0, 0.05) is 7.05 Å². The Kier molecular flexibility index (Phi) is 2.51. The zero-order valence-corrected chi connectivity index (χ0v) is 8.87. The van der Waals surface area contributed by atoms with Gasteiger partial charge in [0.15, 0.2) is 5.69 Å². The summed E-state index contributed by atoms with van der Waals surface area (Å²) in [7, 11) is 1.72. The zero-order chi connectivity index (χ0) is 10.9. The van der Waals surface area contributed by atoms with Crippen molar-refractivity contribution in [3.63, 3.8) is 0 Å². The number of rotatable bonds is 1. The molecule has 0 atom stereocenters. The van der Waals surface area contributed by atoms with E-state index in [2.05, 4.69) is 4.98 Å². The summed E-state index contributed by atoms with van der Waals surface area (Å²) in [6, 6.07) is 0. The summed E-state index contributed by atoms with van der Waals surface area (Å²) < 4.78 is 6.69. The Morgan fingerprint density at radius 1 is 1.57 bits per heavy atom. The molecule has 0 spiro atoms. The predicted octanol–water partition coefficient (Wildman–Crippen LogP) is 0.958. The quantitative estimate of drug-likeness (QED) is 0.681. The lowest BCUT2D eigenvalue weighted by molar-refractivity contribution is 0.00647. The van der Waals surface area contributed by atoms with E-state index in [4.69, 9.17) is 10.5 Å². The molecule has 0 radical (unpaired) electrons. The SMILES string of the molecule is Cn1cnc(C(=O)OC(C)(C)C)c1N. The molecule has 1 aromatic rings. The molecule has 78 valence electrons. The minimum Gasteiger partial charge on any atom is -0.455 e. The third kappa shape index (κ3) is 2.25. The highest BCUT2D eigenvalue weighted by molar-refractivity contribution is 5.92. The van der Waals surface area contributed by atoms with E-state index in [0.29, 0.717) is 5.82 Å². The number of nitrogens with zero attached hydrogens (tertiary/aromatic N) is 2. The van der Waals surface area contributed by atoms with Crippen molar-refractivity contribution in [2.45, 2.75) is 26.4 Å². The van der Waals surface area contributed by atoms with Crippen LogP contribution in [0.15, 0.2) is 6.33 Å². The van der Waals surface area contributed by atoms with Crippen molar-refractivity contribution in [2.24, 2.45) is 7.05 Å². The lowest BCUT2D eigenvalue weighted by Gasteiger charge is -2.18. The minimum absolute atomic E-state index is 0.169. The highest BCUT2D eigenvalue weighted by Crippen LogP contribution is 2.14. The van der Waals surface area contributed by atoms with Crippen LogP contribution >= 0.6 is 0 Å². The maximum absolute atomic E-state index is 11.5. The first kappa shape index (κ1) is 10.6. The number of hydrogen-bond donors (Lipinski definition) is 1. The lowest BCUT2D eigenvalue weighted by Crippen LogP contribution is -2.24. The van der Waals surface area contributed by atoms with E-state index in [1.54, 1.807) is 32.4 Å². The van der Waals surface area contributed by atoms with Gasteiger partial charge in [-0.05, 0) is 20.8 Å². The fourth-order valence-corrected chi connectivity index (χ4v) is 0.923. The number of aromatic nitrogens is 2. The number of nitrogen functional groups attached to an aromatic ring is 1. The molecule has 0 aliphatic rings. The molecule has 0 saturated carbocycles. The molecule has 2 N–H and O–H groups in total. The summed E-state index contributed by atoms with van der Waals surface area (Å²) in [6.45, 7) is 5.39. The molecule has 0 aliphatic heterocycles. The van der Waals surface area contributed by atoms with Crippen LogP contribution in [0.2, 0.25) is 0 Å². The van der Waals surface area contributed by atoms with Crippen LogP contribution in [0.25, 0.3) is 0 Å². The van der Waals surface area contributed by atoms with Crippen molar-refractivity contribution in [1.82, 2.24) is 9.55 Å². The smallest absolute Gasteiger partial charge is 0.361 e. The molecule has 0 aromatic carbocycles. The van der Waals surface area contributed by atoms with Gasteiger partial charge in [-0.3, -0.25) is 0 Å². The molecule has 0 unspecified atom stereocenters. The van der Waals surface area contributed by atoms with Crippen LogP contribution in [-0.2, 0) is 11.8 Å². The van der Waals surface area contributed by atoms with Gasteiger partial charge in [0.05, 0.1) is 6.33 Å². The van der Waals surface area contributed by atoms with Crippen molar-refractivity contribution in [1.29, 1.82) is 0 Å². The van der Waals surface area contributed by atoms with E-state index < -0.39 is 11.6 Å². The van der Waals surface area contributed by atoms with Crippen LogP contribution in [0.3, 0.4) is 0 Å². The van der Waals surface area contributed by atoms with Gasteiger partial charge in [0.2, 0.25) is 0 Å². The number of carbonyl (C=O) groups excluding carboxylic acids is 1. The number of esters is 1. The van der Waals surface area contributed by atoms with E-state index in [1.165, 1.54) is 6.33 Å². The normalized spacial score (nSPS) is 11.4.